The topological polar surface area (TPSA) is 75.3 Å². The number of hydrogen-bond donors (Lipinski definition) is 2. The molecule has 0 aliphatic carbocycles. The van der Waals surface area contributed by atoms with Crippen LogP contribution >= 0.6 is 15.9 Å². The summed E-state index contributed by atoms with van der Waals surface area (Å²) in [4.78, 5) is 10.3. The molecule has 0 bridgehead atoms. The zero-order valence-corrected chi connectivity index (χ0v) is 10.5. The average Bonchev–Trinajstić information content (AvgIpc) is 2.71. The number of aliphatic hydroxyl groups excluding tert-OH is 1. The summed E-state index contributed by atoms with van der Waals surface area (Å²) in [5, 5.41) is 8.91. The third-order valence-electron chi connectivity index (χ3n) is 2.87. The molecule has 2 rings (SSSR count). The predicted molar refractivity (Wildman–Crippen MR) is 66.2 cm³/mol. The lowest BCUT2D eigenvalue weighted by atomic mass is 10.1. The third-order valence-corrected chi connectivity index (χ3v) is 3.43. The molecular weight excluding hydrogens is 272 g/mol. The van der Waals surface area contributed by atoms with Crippen LogP contribution in [-0.4, -0.2) is 34.8 Å². The van der Waals surface area contributed by atoms with Gasteiger partial charge in [-0.1, -0.05) is 0 Å². The van der Waals surface area contributed by atoms with Gasteiger partial charge in [-0.3, -0.25) is 0 Å². The second-order valence-electron chi connectivity index (χ2n) is 4.01. The highest BCUT2D eigenvalue weighted by molar-refractivity contribution is 9.10. The summed E-state index contributed by atoms with van der Waals surface area (Å²) in [6, 6.07) is 0. The van der Waals surface area contributed by atoms with Crippen molar-refractivity contribution in [1.29, 1.82) is 0 Å². The number of halogens is 1. The molecule has 1 aliphatic rings. The van der Waals surface area contributed by atoms with Gasteiger partial charge in [0.2, 0.25) is 5.95 Å². The summed E-state index contributed by atoms with van der Waals surface area (Å²) in [5.74, 6) is 1.70. The molecule has 16 heavy (non-hydrogen) atoms. The van der Waals surface area contributed by atoms with Gasteiger partial charge in [-0.2, -0.15) is 4.98 Å². The maximum Gasteiger partial charge on any atom is 0.222 e. The normalized spacial score (nSPS) is 20.4. The van der Waals surface area contributed by atoms with Crippen molar-refractivity contribution in [3.8, 4) is 0 Å². The standard InChI is InChI=1S/C10H15BrN4O/c11-8-5-13-10(12)14-9(8)15-3-1-7(6-15)2-4-16/h5,7,16H,1-4,6H2,(H2,12,13,14). The molecule has 3 N–H and O–H groups in total. The van der Waals surface area contributed by atoms with E-state index in [0.29, 0.717) is 11.9 Å². The maximum atomic E-state index is 8.91. The minimum atomic E-state index is 0.256. The summed E-state index contributed by atoms with van der Waals surface area (Å²) in [6.07, 6.45) is 3.63. The van der Waals surface area contributed by atoms with Crippen LogP contribution in [0.1, 0.15) is 12.8 Å². The highest BCUT2D eigenvalue weighted by Crippen LogP contribution is 2.29. The van der Waals surface area contributed by atoms with Gasteiger partial charge in [0.05, 0.1) is 4.47 Å². The molecule has 1 aromatic rings. The van der Waals surface area contributed by atoms with Crippen LogP contribution in [0, 0.1) is 5.92 Å². The number of nitrogens with zero attached hydrogens (tertiary/aromatic N) is 3. The molecule has 1 saturated heterocycles. The number of anilines is 2. The summed E-state index contributed by atoms with van der Waals surface area (Å²) in [7, 11) is 0. The van der Waals surface area contributed by atoms with Crippen molar-refractivity contribution in [2.45, 2.75) is 12.8 Å². The molecule has 1 aliphatic heterocycles. The van der Waals surface area contributed by atoms with E-state index in [9.17, 15) is 0 Å². The Morgan fingerprint density at radius 1 is 1.62 bits per heavy atom. The number of nitrogens with two attached hydrogens (primary N) is 1. The molecule has 2 heterocycles. The highest BCUT2D eigenvalue weighted by atomic mass is 79.9. The maximum absolute atomic E-state index is 8.91. The van der Waals surface area contributed by atoms with Crippen molar-refractivity contribution < 1.29 is 5.11 Å². The lowest BCUT2D eigenvalue weighted by molar-refractivity contribution is 0.263. The fourth-order valence-electron chi connectivity index (χ4n) is 2.04. The minimum absolute atomic E-state index is 0.256. The SMILES string of the molecule is Nc1ncc(Br)c(N2CCC(CCO)C2)n1. The molecule has 1 unspecified atom stereocenters. The van der Waals surface area contributed by atoms with Crippen molar-refractivity contribution >= 4 is 27.7 Å². The zero-order chi connectivity index (χ0) is 11.5. The lowest BCUT2D eigenvalue weighted by Crippen LogP contribution is -2.22. The molecule has 6 heteroatoms. The van der Waals surface area contributed by atoms with Crippen molar-refractivity contribution in [1.82, 2.24) is 9.97 Å². The number of aromatic nitrogens is 2. The van der Waals surface area contributed by atoms with E-state index in [4.69, 9.17) is 10.8 Å². The van der Waals surface area contributed by atoms with Crippen LogP contribution < -0.4 is 10.6 Å². The number of aliphatic hydroxyl groups is 1. The molecule has 0 amide bonds. The smallest absolute Gasteiger partial charge is 0.222 e. The van der Waals surface area contributed by atoms with Crippen molar-refractivity contribution in [3.63, 3.8) is 0 Å². The Bertz CT molecular complexity index is 374. The molecule has 1 aromatic heterocycles. The molecule has 1 fully saturated rings. The highest BCUT2D eigenvalue weighted by Gasteiger charge is 2.24. The Morgan fingerprint density at radius 2 is 2.44 bits per heavy atom. The van der Waals surface area contributed by atoms with Gasteiger partial charge in [-0.25, -0.2) is 4.98 Å². The largest absolute Gasteiger partial charge is 0.396 e. The summed E-state index contributed by atoms with van der Waals surface area (Å²) < 4.78 is 0.867. The molecule has 1 atom stereocenters. The van der Waals surface area contributed by atoms with Gasteiger partial charge in [0, 0.05) is 25.9 Å². The van der Waals surface area contributed by atoms with Crippen molar-refractivity contribution in [2.24, 2.45) is 5.92 Å². The number of rotatable bonds is 3. The van der Waals surface area contributed by atoms with Crippen LogP contribution in [0.2, 0.25) is 0 Å². The Hall–Kier alpha value is -0.880. The van der Waals surface area contributed by atoms with E-state index in [1.54, 1.807) is 6.20 Å². The molecule has 0 saturated carbocycles. The molecular formula is C10H15BrN4O. The second-order valence-corrected chi connectivity index (χ2v) is 4.87. The van der Waals surface area contributed by atoms with Crippen molar-refractivity contribution in [2.75, 3.05) is 30.3 Å². The van der Waals surface area contributed by atoms with E-state index in [0.717, 1.165) is 36.2 Å². The van der Waals surface area contributed by atoms with E-state index in [-0.39, 0.29) is 6.61 Å². The van der Waals surface area contributed by atoms with Gasteiger partial charge in [0.15, 0.2) is 0 Å². The van der Waals surface area contributed by atoms with E-state index in [1.165, 1.54) is 0 Å². The first-order chi connectivity index (χ1) is 7.70. The quantitative estimate of drug-likeness (QED) is 0.868. The minimum Gasteiger partial charge on any atom is -0.396 e. The van der Waals surface area contributed by atoms with E-state index in [2.05, 4.69) is 30.8 Å². The van der Waals surface area contributed by atoms with Crippen LogP contribution in [-0.2, 0) is 0 Å². The predicted octanol–water partition coefficient (Wildman–Crippen LogP) is 1.03. The second kappa shape index (κ2) is 4.97. The summed E-state index contributed by atoms with van der Waals surface area (Å²) >= 11 is 3.43. The van der Waals surface area contributed by atoms with E-state index in [1.807, 2.05) is 0 Å². The van der Waals surface area contributed by atoms with Gasteiger partial charge in [0.25, 0.3) is 0 Å². The van der Waals surface area contributed by atoms with Gasteiger partial charge >= 0.3 is 0 Å². The average molecular weight is 287 g/mol. The third kappa shape index (κ3) is 2.44. The van der Waals surface area contributed by atoms with Crippen molar-refractivity contribution in [3.05, 3.63) is 10.7 Å². The van der Waals surface area contributed by atoms with Gasteiger partial charge in [-0.15, -0.1) is 0 Å². The summed E-state index contributed by atoms with van der Waals surface area (Å²) in [6.45, 7) is 2.14. The first-order valence-corrected chi connectivity index (χ1v) is 6.14. The van der Waals surface area contributed by atoms with Crippen LogP contribution in [0.4, 0.5) is 11.8 Å². The Kier molecular flexibility index (Phi) is 3.60. The molecule has 0 radical (unpaired) electrons. The van der Waals surface area contributed by atoms with Gasteiger partial charge in [-0.05, 0) is 34.7 Å². The number of hydrogen-bond acceptors (Lipinski definition) is 5. The number of nitrogen functional groups attached to an aromatic ring is 1. The van der Waals surface area contributed by atoms with E-state index < -0.39 is 0 Å². The zero-order valence-electron chi connectivity index (χ0n) is 8.93. The van der Waals surface area contributed by atoms with Crippen LogP contribution in [0.5, 0.6) is 0 Å². The van der Waals surface area contributed by atoms with Gasteiger partial charge in [0.1, 0.15) is 5.82 Å². The molecule has 88 valence electrons. The fourth-order valence-corrected chi connectivity index (χ4v) is 2.48. The summed E-state index contributed by atoms with van der Waals surface area (Å²) in [5.41, 5.74) is 5.58. The van der Waals surface area contributed by atoms with Gasteiger partial charge < -0.3 is 15.7 Å². The fraction of sp³-hybridized carbons (Fsp3) is 0.600. The van der Waals surface area contributed by atoms with Crippen LogP contribution in [0.15, 0.2) is 10.7 Å². The van der Waals surface area contributed by atoms with E-state index >= 15 is 0 Å². The molecule has 0 aromatic carbocycles. The van der Waals surface area contributed by atoms with Crippen LogP contribution in [0.25, 0.3) is 0 Å². The monoisotopic (exact) mass is 286 g/mol. The first kappa shape index (κ1) is 11.6. The first-order valence-electron chi connectivity index (χ1n) is 5.34. The van der Waals surface area contributed by atoms with Crippen LogP contribution in [0.3, 0.4) is 0 Å². The Labute approximate surface area is 103 Å². The molecule has 5 nitrogen and oxygen atoms in total. The lowest BCUT2D eigenvalue weighted by Gasteiger charge is -2.18. The Balaban J connectivity index is 2.11. The molecule has 0 spiro atoms. The Morgan fingerprint density at radius 3 is 3.19 bits per heavy atom.